The molecule has 2 N–H and O–H groups in total. The second-order valence-corrected chi connectivity index (χ2v) is 9.45. The third-order valence-corrected chi connectivity index (χ3v) is 7.68. The number of aliphatic hydroxyl groups is 1. The van der Waals surface area contributed by atoms with E-state index in [1.54, 1.807) is 0 Å². The van der Waals surface area contributed by atoms with Crippen LogP contribution in [-0.2, 0) is 17.8 Å². The molecule has 1 saturated carbocycles. The molecule has 27 heavy (non-hydrogen) atoms. The van der Waals surface area contributed by atoms with Crippen molar-refractivity contribution in [2.75, 3.05) is 5.75 Å². The van der Waals surface area contributed by atoms with Gasteiger partial charge < -0.3 is 10.2 Å². The molecule has 2 aromatic rings. The largest absolute Gasteiger partial charge is 0.481 e. The second kappa shape index (κ2) is 9.26. The van der Waals surface area contributed by atoms with Crippen LogP contribution in [0, 0.1) is 5.41 Å². The molecule has 0 spiro atoms. The highest BCUT2D eigenvalue weighted by Gasteiger charge is 2.44. The van der Waals surface area contributed by atoms with Gasteiger partial charge in [0.2, 0.25) is 0 Å². The van der Waals surface area contributed by atoms with Gasteiger partial charge in [0.1, 0.15) is 0 Å². The number of thioether (sulfide) groups is 1. The zero-order chi connectivity index (χ0) is 19.3. The zero-order valence-electron chi connectivity index (χ0n) is 15.2. The van der Waals surface area contributed by atoms with E-state index in [-0.39, 0.29) is 23.7 Å². The van der Waals surface area contributed by atoms with Crippen molar-refractivity contribution in [3.8, 4) is 0 Å². The maximum Gasteiger partial charge on any atom is 0.303 e. The van der Waals surface area contributed by atoms with Crippen LogP contribution in [0.3, 0.4) is 0 Å². The van der Waals surface area contributed by atoms with Crippen LogP contribution in [0.15, 0.2) is 53.0 Å². The van der Waals surface area contributed by atoms with Gasteiger partial charge in [-0.25, -0.2) is 0 Å². The maximum absolute atomic E-state index is 11.2. The Labute approximate surface area is 173 Å². The van der Waals surface area contributed by atoms with Crippen LogP contribution in [0.2, 0.25) is 0 Å². The molecule has 0 amide bonds. The van der Waals surface area contributed by atoms with Crippen LogP contribution in [0.5, 0.6) is 0 Å². The summed E-state index contributed by atoms with van der Waals surface area (Å²) in [5.74, 6) is 0.184. The van der Waals surface area contributed by atoms with E-state index in [4.69, 9.17) is 0 Å². The van der Waals surface area contributed by atoms with E-state index in [1.807, 2.05) is 30.0 Å². The summed E-state index contributed by atoms with van der Waals surface area (Å²) in [4.78, 5) is 11.2. The number of benzene rings is 2. The molecule has 0 aromatic heterocycles. The molecule has 3 rings (SSSR count). The Morgan fingerprint density at radius 2 is 1.96 bits per heavy atom. The molecule has 1 atom stereocenters. The summed E-state index contributed by atoms with van der Waals surface area (Å²) in [6, 6.07) is 16.4. The van der Waals surface area contributed by atoms with Crippen molar-refractivity contribution in [3.63, 3.8) is 0 Å². The minimum absolute atomic E-state index is 0.0172. The lowest BCUT2D eigenvalue weighted by Crippen LogP contribution is -2.12. The van der Waals surface area contributed by atoms with Gasteiger partial charge in [0.15, 0.2) is 0 Å². The molecular weight excluding hydrogens is 424 g/mol. The fraction of sp³-hybridized carbons (Fsp3) is 0.409. The first-order valence-corrected chi connectivity index (χ1v) is 11.1. The number of carbonyl (C=O) groups is 1. The average molecular weight is 449 g/mol. The normalized spacial score (nSPS) is 16.1. The Morgan fingerprint density at radius 3 is 2.63 bits per heavy atom. The Kier molecular flexibility index (Phi) is 7.01. The zero-order valence-corrected chi connectivity index (χ0v) is 17.6. The Bertz CT molecular complexity index is 789. The molecule has 1 aliphatic rings. The summed E-state index contributed by atoms with van der Waals surface area (Å²) in [5, 5.41) is 18.9. The lowest BCUT2D eigenvalue weighted by Gasteiger charge is -2.21. The molecule has 1 aliphatic carbocycles. The number of hydrogen-bond donors (Lipinski definition) is 2. The highest BCUT2D eigenvalue weighted by atomic mass is 79.9. The summed E-state index contributed by atoms with van der Waals surface area (Å²) in [5.41, 5.74) is 3.40. The first-order valence-electron chi connectivity index (χ1n) is 9.28. The smallest absolute Gasteiger partial charge is 0.303 e. The standard InChI is InChI=1S/C22H25BrO3S/c23-19-7-2-1-5-17(19)8-9-20(18-6-3-4-16(12-18)14-24)27-15-22(10-11-22)13-21(25)26/h1-7,12,20,24H,8-11,13-15H2,(H,25,26)/t20-/m1/s1. The molecule has 0 saturated heterocycles. The van der Waals surface area contributed by atoms with Crippen LogP contribution in [-0.4, -0.2) is 21.9 Å². The van der Waals surface area contributed by atoms with Gasteiger partial charge in [-0.3, -0.25) is 4.79 Å². The van der Waals surface area contributed by atoms with Crippen LogP contribution < -0.4 is 0 Å². The maximum atomic E-state index is 11.2. The molecule has 0 heterocycles. The third kappa shape index (κ3) is 5.84. The number of aryl methyl sites for hydroxylation is 1. The number of rotatable bonds is 10. The summed E-state index contributed by atoms with van der Waals surface area (Å²) < 4.78 is 1.13. The molecular formula is C22H25BrO3S. The molecule has 0 unspecified atom stereocenters. The van der Waals surface area contributed by atoms with Gasteiger partial charge in [-0.15, -0.1) is 0 Å². The van der Waals surface area contributed by atoms with Crippen molar-refractivity contribution < 1.29 is 15.0 Å². The van der Waals surface area contributed by atoms with Crippen molar-refractivity contribution in [2.24, 2.45) is 5.41 Å². The SMILES string of the molecule is O=C(O)CC1(CS[C@H](CCc2ccccc2Br)c2cccc(CO)c2)CC1. The lowest BCUT2D eigenvalue weighted by atomic mass is 10.0. The fourth-order valence-corrected chi connectivity index (χ4v) is 5.42. The van der Waals surface area contributed by atoms with Crippen molar-refractivity contribution in [2.45, 2.75) is 44.0 Å². The minimum Gasteiger partial charge on any atom is -0.481 e. The number of carboxylic acid groups (broad SMARTS) is 1. The molecule has 5 heteroatoms. The number of hydrogen-bond acceptors (Lipinski definition) is 3. The van der Waals surface area contributed by atoms with Crippen LogP contribution >= 0.6 is 27.7 Å². The lowest BCUT2D eigenvalue weighted by molar-refractivity contribution is -0.138. The first kappa shape index (κ1) is 20.4. The predicted molar refractivity (Wildman–Crippen MR) is 114 cm³/mol. The van der Waals surface area contributed by atoms with Gasteiger partial charge in [0.25, 0.3) is 0 Å². The molecule has 1 fully saturated rings. The summed E-state index contributed by atoms with van der Waals surface area (Å²) >= 11 is 5.50. The van der Waals surface area contributed by atoms with E-state index < -0.39 is 5.97 Å². The van der Waals surface area contributed by atoms with Gasteiger partial charge in [-0.05, 0) is 53.9 Å². The van der Waals surface area contributed by atoms with Crippen molar-refractivity contribution in [1.29, 1.82) is 0 Å². The van der Waals surface area contributed by atoms with Gasteiger partial charge in [-0.2, -0.15) is 11.8 Å². The molecule has 2 aromatic carbocycles. The highest BCUT2D eigenvalue weighted by Crippen LogP contribution is 2.53. The van der Waals surface area contributed by atoms with E-state index in [1.165, 1.54) is 11.1 Å². The first-order chi connectivity index (χ1) is 13.0. The minimum atomic E-state index is -0.694. The van der Waals surface area contributed by atoms with Crippen molar-refractivity contribution in [1.82, 2.24) is 0 Å². The summed E-state index contributed by atoms with van der Waals surface area (Å²) in [7, 11) is 0. The fourth-order valence-electron chi connectivity index (χ4n) is 3.37. The topological polar surface area (TPSA) is 57.5 Å². The second-order valence-electron chi connectivity index (χ2n) is 7.40. The Balaban J connectivity index is 1.72. The highest BCUT2D eigenvalue weighted by molar-refractivity contribution is 9.10. The Hall–Kier alpha value is -1.30. The van der Waals surface area contributed by atoms with E-state index in [0.717, 1.165) is 41.5 Å². The van der Waals surface area contributed by atoms with E-state index >= 15 is 0 Å². The van der Waals surface area contributed by atoms with E-state index in [9.17, 15) is 15.0 Å². The van der Waals surface area contributed by atoms with Crippen LogP contribution in [0.1, 0.15) is 47.6 Å². The van der Waals surface area contributed by atoms with Crippen LogP contribution in [0.25, 0.3) is 0 Å². The quantitative estimate of drug-likeness (QED) is 0.496. The van der Waals surface area contributed by atoms with E-state index in [2.05, 4.69) is 46.3 Å². The number of aliphatic hydroxyl groups excluding tert-OH is 1. The number of halogens is 1. The molecule has 144 valence electrons. The average Bonchev–Trinajstić information content (AvgIpc) is 3.42. The predicted octanol–water partition coefficient (Wildman–Crippen LogP) is 5.60. The summed E-state index contributed by atoms with van der Waals surface area (Å²) in [6.07, 6.45) is 4.23. The molecule has 0 aliphatic heterocycles. The van der Waals surface area contributed by atoms with Crippen molar-refractivity contribution in [3.05, 3.63) is 69.7 Å². The number of aliphatic carboxylic acids is 1. The molecule has 0 radical (unpaired) electrons. The Morgan fingerprint density at radius 1 is 1.19 bits per heavy atom. The van der Waals surface area contributed by atoms with Gasteiger partial charge >= 0.3 is 5.97 Å². The van der Waals surface area contributed by atoms with Crippen molar-refractivity contribution >= 4 is 33.7 Å². The monoisotopic (exact) mass is 448 g/mol. The van der Waals surface area contributed by atoms with Crippen LogP contribution in [0.4, 0.5) is 0 Å². The van der Waals surface area contributed by atoms with Gasteiger partial charge in [0, 0.05) is 15.5 Å². The third-order valence-electron chi connectivity index (χ3n) is 5.21. The van der Waals surface area contributed by atoms with E-state index in [0.29, 0.717) is 0 Å². The van der Waals surface area contributed by atoms with Gasteiger partial charge in [-0.1, -0.05) is 58.4 Å². The molecule has 0 bridgehead atoms. The summed E-state index contributed by atoms with van der Waals surface area (Å²) in [6.45, 7) is 0.0401. The number of carboxylic acids is 1. The molecule has 3 nitrogen and oxygen atoms in total. The van der Waals surface area contributed by atoms with Gasteiger partial charge in [0.05, 0.1) is 13.0 Å².